The topological polar surface area (TPSA) is 140 Å². The summed E-state index contributed by atoms with van der Waals surface area (Å²) in [5.41, 5.74) is 17.6. The van der Waals surface area contributed by atoms with Crippen molar-refractivity contribution in [2.45, 2.75) is 91.9 Å². The first kappa shape index (κ1) is 28.6. The van der Waals surface area contributed by atoms with E-state index < -0.39 is 0 Å². The highest BCUT2D eigenvalue weighted by atomic mass is 14.9. The monoisotopic (exact) mass is 485 g/mol. The highest BCUT2D eigenvalue weighted by Gasteiger charge is 2.32. The molecular weight excluding hydrogens is 446 g/mol. The van der Waals surface area contributed by atoms with Crippen molar-refractivity contribution in [2.75, 3.05) is 6.54 Å². The molecule has 0 aromatic rings. The zero-order valence-electron chi connectivity index (χ0n) is 22.2. The second kappa shape index (κ2) is 12.3. The van der Waals surface area contributed by atoms with Gasteiger partial charge >= 0.3 is 0 Å². The molecule has 2 aliphatic rings. The molecule has 0 amide bonds. The van der Waals surface area contributed by atoms with E-state index in [1.54, 1.807) is 0 Å². The van der Waals surface area contributed by atoms with Crippen LogP contribution in [0.25, 0.3) is 4.85 Å². The Labute approximate surface area is 216 Å². The van der Waals surface area contributed by atoms with Crippen LogP contribution in [-0.4, -0.2) is 6.54 Å². The van der Waals surface area contributed by atoms with Crippen molar-refractivity contribution >= 4 is 0 Å². The summed E-state index contributed by atoms with van der Waals surface area (Å²) in [6.45, 7) is 16.7. The Morgan fingerprint density at radius 3 is 2.03 bits per heavy atom. The quantitative estimate of drug-likeness (QED) is 0.208. The molecule has 0 radical (unpaired) electrons. The van der Waals surface area contributed by atoms with Crippen molar-refractivity contribution < 1.29 is 0 Å². The van der Waals surface area contributed by atoms with Gasteiger partial charge in [-0.2, -0.15) is 10.5 Å². The SMILES string of the molecule is [C-]#[N+]/C(C#N)=C1\CC(C)(C)CC(NCCCCCCCC2=C(N)C(=C(C#N)C#N)CC(C)(C)C2)=C1N. The van der Waals surface area contributed by atoms with Crippen molar-refractivity contribution in [1.82, 2.24) is 5.32 Å². The number of nitrogens with two attached hydrogens (primary N) is 2. The van der Waals surface area contributed by atoms with Gasteiger partial charge in [-0.15, -0.1) is 0 Å². The third-order valence-corrected chi connectivity index (χ3v) is 7.04. The molecule has 0 saturated carbocycles. The predicted molar refractivity (Wildman–Crippen MR) is 142 cm³/mol. The molecule has 0 heterocycles. The number of nitrogens with one attached hydrogen (secondary N) is 1. The molecule has 7 heteroatoms. The summed E-state index contributed by atoms with van der Waals surface area (Å²) in [5.74, 6) is 0. The molecular formula is C29H39N7. The number of unbranched alkanes of at least 4 members (excludes halogenated alkanes) is 4. The van der Waals surface area contributed by atoms with Gasteiger partial charge in [0.15, 0.2) is 0 Å². The third kappa shape index (κ3) is 7.41. The van der Waals surface area contributed by atoms with Crippen LogP contribution < -0.4 is 16.8 Å². The van der Waals surface area contributed by atoms with Gasteiger partial charge in [-0.25, -0.2) is 10.1 Å². The fraction of sp³-hybridized carbons (Fsp3) is 0.586. The third-order valence-electron chi connectivity index (χ3n) is 7.04. The lowest BCUT2D eigenvalue weighted by atomic mass is 9.72. The molecule has 0 atom stereocenters. The Balaban J connectivity index is 1.85. The molecule has 2 aliphatic carbocycles. The van der Waals surface area contributed by atoms with Gasteiger partial charge in [0.2, 0.25) is 0 Å². The van der Waals surface area contributed by atoms with E-state index in [4.69, 9.17) is 18.0 Å². The minimum atomic E-state index is -0.0478. The lowest BCUT2D eigenvalue weighted by Gasteiger charge is -2.34. The molecule has 36 heavy (non-hydrogen) atoms. The van der Waals surface area contributed by atoms with Gasteiger partial charge in [0.1, 0.15) is 17.7 Å². The van der Waals surface area contributed by atoms with Gasteiger partial charge in [-0.05, 0) is 66.9 Å². The van der Waals surface area contributed by atoms with Gasteiger partial charge in [0.05, 0.1) is 12.6 Å². The van der Waals surface area contributed by atoms with Gasteiger partial charge in [0, 0.05) is 29.2 Å². The van der Waals surface area contributed by atoms with Crippen molar-refractivity contribution in [3.05, 3.63) is 56.5 Å². The van der Waals surface area contributed by atoms with Crippen LogP contribution >= 0.6 is 0 Å². The van der Waals surface area contributed by atoms with E-state index in [1.807, 2.05) is 18.2 Å². The molecule has 0 bridgehead atoms. The van der Waals surface area contributed by atoms with Crippen LogP contribution in [0.2, 0.25) is 0 Å². The largest absolute Gasteiger partial charge is 0.398 e. The average Bonchev–Trinajstić information content (AvgIpc) is 2.81. The Morgan fingerprint density at radius 2 is 1.42 bits per heavy atom. The maximum absolute atomic E-state index is 9.30. The Morgan fingerprint density at radius 1 is 0.833 bits per heavy atom. The summed E-state index contributed by atoms with van der Waals surface area (Å²) in [4.78, 5) is 3.37. The number of nitrogens with zero attached hydrogens (tertiary/aromatic N) is 4. The fourth-order valence-electron chi connectivity index (χ4n) is 5.28. The average molecular weight is 486 g/mol. The fourth-order valence-corrected chi connectivity index (χ4v) is 5.28. The Kier molecular flexibility index (Phi) is 9.78. The summed E-state index contributed by atoms with van der Waals surface area (Å²) >= 11 is 0. The van der Waals surface area contributed by atoms with E-state index in [1.165, 1.54) is 5.57 Å². The van der Waals surface area contributed by atoms with E-state index in [2.05, 4.69) is 37.9 Å². The zero-order chi connectivity index (χ0) is 26.9. The summed E-state index contributed by atoms with van der Waals surface area (Å²) in [6, 6.07) is 6.01. The smallest absolute Gasteiger partial charge is 0.267 e. The summed E-state index contributed by atoms with van der Waals surface area (Å²) in [7, 11) is 0. The standard InChI is InChI=1S/C29H39N7/c1-28(2)13-20(26(33)22(14-28)21(17-30)18-31)11-9-7-6-8-10-12-36-24-16-29(3,4)15-23(27(24)34)25(19-32)35-5/h36H,6-16,33-34H2,1-4H3/b25-23+. The van der Waals surface area contributed by atoms with Crippen molar-refractivity contribution in [2.24, 2.45) is 22.3 Å². The molecule has 0 aromatic heterocycles. The van der Waals surface area contributed by atoms with Crippen molar-refractivity contribution in [1.29, 1.82) is 15.8 Å². The van der Waals surface area contributed by atoms with Gasteiger partial charge in [0.25, 0.3) is 5.70 Å². The molecule has 0 saturated heterocycles. The molecule has 7 nitrogen and oxygen atoms in total. The van der Waals surface area contributed by atoms with Crippen LogP contribution in [0.5, 0.6) is 0 Å². The minimum Gasteiger partial charge on any atom is -0.398 e. The summed E-state index contributed by atoms with van der Waals surface area (Å²) in [5, 5.41) is 31.4. The van der Waals surface area contributed by atoms with Crippen molar-refractivity contribution in [3.63, 3.8) is 0 Å². The lowest BCUT2D eigenvalue weighted by molar-refractivity contribution is 0.335. The maximum Gasteiger partial charge on any atom is 0.267 e. The van der Waals surface area contributed by atoms with E-state index in [0.717, 1.165) is 63.6 Å². The van der Waals surface area contributed by atoms with Gasteiger partial charge in [-0.3, -0.25) is 0 Å². The second-order valence-corrected chi connectivity index (χ2v) is 11.5. The van der Waals surface area contributed by atoms with Crippen LogP contribution in [0.4, 0.5) is 0 Å². The van der Waals surface area contributed by atoms with Crippen LogP contribution in [0.3, 0.4) is 0 Å². The number of nitriles is 3. The number of hydrogen-bond acceptors (Lipinski definition) is 6. The highest BCUT2D eigenvalue weighted by molar-refractivity contribution is 5.51. The Bertz CT molecular complexity index is 1020. The highest BCUT2D eigenvalue weighted by Crippen LogP contribution is 2.43. The zero-order valence-corrected chi connectivity index (χ0v) is 22.2. The number of rotatable bonds is 9. The molecule has 0 fully saturated rings. The maximum atomic E-state index is 9.30. The van der Waals surface area contributed by atoms with Crippen LogP contribution in [0.15, 0.2) is 45.1 Å². The number of allylic oxidation sites excluding steroid dienone is 6. The number of hydrogen-bond donors (Lipinski definition) is 3. The first-order valence-electron chi connectivity index (χ1n) is 12.7. The van der Waals surface area contributed by atoms with E-state index in [-0.39, 0.29) is 22.1 Å². The minimum absolute atomic E-state index is 0.000186. The van der Waals surface area contributed by atoms with E-state index >= 15 is 0 Å². The van der Waals surface area contributed by atoms with Gasteiger partial charge < -0.3 is 16.8 Å². The molecule has 2 rings (SSSR count). The Hall–Kier alpha value is -3.68. The first-order chi connectivity index (χ1) is 17.0. The molecule has 0 spiro atoms. The first-order valence-corrected chi connectivity index (χ1v) is 12.7. The summed E-state index contributed by atoms with van der Waals surface area (Å²) < 4.78 is 0. The van der Waals surface area contributed by atoms with Gasteiger partial charge in [-0.1, -0.05) is 47.0 Å². The lowest BCUT2D eigenvalue weighted by Crippen LogP contribution is -2.31. The predicted octanol–water partition coefficient (Wildman–Crippen LogP) is 5.98. The molecule has 190 valence electrons. The summed E-state index contributed by atoms with van der Waals surface area (Å²) in [6.07, 6.45) is 9.27. The van der Waals surface area contributed by atoms with Crippen LogP contribution in [0, 0.1) is 51.4 Å². The molecule has 5 N–H and O–H groups in total. The molecule has 0 aliphatic heterocycles. The molecule has 0 unspecified atom stereocenters. The van der Waals surface area contributed by atoms with Crippen molar-refractivity contribution in [3.8, 4) is 18.2 Å². The molecule has 0 aromatic carbocycles. The van der Waals surface area contributed by atoms with Crippen LogP contribution in [-0.2, 0) is 0 Å². The van der Waals surface area contributed by atoms with Crippen LogP contribution in [0.1, 0.15) is 91.9 Å². The van der Waals surface area contributed by atoms with E-state index in [9.17, 15) is 15.8 Å². The van der Waals surface area contributed by atoms with E-state index in [0.29, 0.717) is 35.4 Å². The normalized spacial score (nSPS) is 20.1. The second-order valence-electron chi connectivity index (χ2n) is 11.5.